The van der Waals surface area contributed by atoms with E-state index in [0.717, 1.165) is 0 Å². The van der Waals surface area contributed by atoms with Crippen LogP contribution in [0.2, 0.25) is 0 Å². The van der Waals surface area contributed by atoms with E-state index in [1.807, 2.05) is 22.7 Å². The van der Waals surface area contributed by atoms with E-state index in [9.17, 15) is 0 Å². The predicted octanol–water partition coefficient (Wildman–Crippen LogP) is 5.77. The summed E-state index contributed by atoms with van der Waals surface area (Å²) in [4.78, 5) is 10.1. The van der Waals surface area contributed by atoms with E-state index in [1.54, 1.807) is 8.70 Å². The maximum atomic E-state index is 2.50. The first-order chi connectivity index (χ1) is 17.0. The van der Waals surface area contributed by atoms with Crippen LogP contribution >= 0.6 is 22.7 Å². The van der Waals surface area contributed by atoms with Crippen LogP contribution in [0, 0.1) is 0 Å². The molecule has 0 radical (unpaired) electrons. The van der Waals surface area contributed by atoms with Crippen molar-refractivity contribution < 1.29 is 0 Å². The Morgan fingerprint density at radius 3 is 1.37 bits per heavy atom. The van der Waals surface area contributed by atoms with Crippen molar-refractivity contribution in [2.45, 2.75) is 0 Å². The Hall–Kier alpha value is -2.78. The van der Waals surface area contributed by atoms with Gasteiger partial charge in [0.2, 0.25) is 0 Å². The van der Waals surface area contributed by atoms with Gasteiger partial charge in [0.1, 0.15) is 0 Å². The van der Waals surface area contributed by atoms with Gasteiger partial charge in [-0.25, -0.2) is 0 Å². The summed E-state index contributed by atoms with van der Waals surface area (Å²) in [5.74, 6) is 0. The number of benzene rings is 3. The first kappa shape index (κ1) is 22.7. The van der Waals surface area contributed by atoms with Crippen LogP contribution in [0.25, 0.3) is 30.6 Å². The molecular formula is C30H27AsN2S2. The van der Waals surface area contributed by atoms with E-state index in [1.165, 1.54) is 46.4 Å². The molecule has 5 heteroatoms. The normalized spacial score (nSPS) is 12.5. The van der Waals surface area contributed by atoms with Gasteiger partial charge < -0.3 is 0 Å². The third kappa shape index (κ3) is 4.04. The van der Waals surface area contributed by atoms with E-state index in [2.05, 4.69) is 129 Å². The van der Waals surface area contributed by atoms with Gasteiger partial charge in [-0.05, 0) is 0 Å². The van der Waals surface area contributed by atoms with E-state index >= 15 is 0 Å². The van der Waals surface area contributed by atoms with Crippen LogP contribution in [-0.2, 0) is 0 Å². The molecule has 0 saturated heterocycles. The minimum atomic E-state index is -1.58. The molecule has 0 amide bonds. The summed E-state index contributed by atoms with van der Waals surface area (Å²) in [6.07, 6.45) is 0. The topological polar surface area (TPSA) is 6.48 Å². The molecule has 0 N–H and O–H groups in total. The van der Waals surface area contributed by atoms with Gasteiger partial charge in [-0.2, -0.15) is 0 Å². The van der Waals surface area contributed by atoms with E-state index < -0.39 is 14.7 Å². The van der Waals surface area contributed by atoms with E-state index in [0.29, 0.717) is 0 Å². The SMILES string of the molecule is CN(C)c1ccc(-c2cc3c(s2)-c2sc(-c4ccc(N(C)C)cc4)cc2[As]3c2ccccc2)cc1. The van der Waals surface area contributed by atoms with E-state index in [4.69, 9.17) is 0 Å². The molecule has 1 aliphatic heterocycles. The first-order valence-electron chi connectivity index (χ1n) is 11.7. The first-order valence-corrected chi connectivity index (χ1v) is 16.1. The molecule has 0 aliphatic carbocycles. The van der Waals surface area contributed by atoms with Gasteiger partial charge in [0.05, 0.1) is 0 Å². The standard InChI is InChI=1S/C30H27AsN2S2/c1-32(2)23-14-10-20(11-15-23)27-18-25-29(34-27)30-26(31(25)22-8-6-5-7-9-22)19-28(35-30)21-12-16-24(17-13-21)33(3)4/h5-19H,1-4H3. The van der Waals surface area contributed by atoms with Crippen LogP contribution in [0.15, 0.2) is 91.0 Å². The third-order valence-electron chi connectivity index (χ3n) is 6.46. The van der Waals surface area contributed by atoms with Crippen molar-refractivity contribution in [3.8, 4) is 30.6 Å². The summed E-state index contributed by atoms with van der Waals surface area (Å²) < 4.78 is 4.70. The van der Waals surface area contributed by atoms with Crippen molar-refractivity contribution in [3.05, 3.63) is 91.0 Å². The maximum absolute atomic E-state index is 2.50. The molecule has 5 aromatic rings. The molecule has 1 aliphatic rings. The van der Waals surface area contributed by atoms with E-state index in [-0.39, 0.29) is 0 Å². The fraction of sp³-hybridized carbons (Fsp3) is 0.133. The summed E-state index contributed by atoms with van der Waals surface area (Å²) in [6.45, 7) is 0. The number of nitrogens with zero attached hydrogens (tertiary/aromatic N) is 2. The number of thiophene rings is 2. The van der Waals surface area contributed by atoms with Crippen molar-refractivity contribution in [1.29, 1.82) is 0 Å². The second kappa shape index (κ2) is 9.02. The monoisotopic (exact) mass is 554 g/mol. The van der Waals surface area contributed by atoms with Crippen molar-refractivity contribution in [3.63, 3.8) is 0 Å². The van der Waals surface area contributed by atoms with Crippen LogP contribution in [0.4, 0.5) is 11.4 Å². The molecule has 35 heavy (non-hydrogen) atoms. The molecule has 6 rings (SSSR count). The van der Waals surface area contributed by atoms with Crippen molar-refractivity contribution in [1.82, 2.24) is 0 Å². The molecule has 2 nitrogen and oxygen atoms in total. The average Bonchev–Trinajstić information content (AvgIpc) is 3.56. The van der Waals surface area contributed by atoms with Gasteiger partial charge in [0, 0.05) is 0 Å². The average molecular weight is 555 g/mol. The van der Waals surface area contributed by atoms with Crippen LogP contribution in [-0.4, -0.2) is 42.8 Å². The van der Waals surface area contributed by atoms with Crippen molar-refractivity contribution in [2.24, 2.45) is 0 Å². The Kier molecular flexibility index (Phi) is 5.84. The van der Waals surface area contributed by atoms with Gasteiger partial charge in [-0.3, -0.25) is 0 Å². The van der Waals surface area contributed by atoms with Crippen molar-refractivity contribution >= 4 is 61.8 Å². The number of hydrogen-bond acceptors (Lipinski definition) is 4. The van der Waals surface area contributed by atoms with Gasteiger partial charge in [-0.1, -0.05) is 0 Å². The fourth-order valence-electron chi connectivity index (χ4n) is 4.54. The zero-order valence-electron chi connectivity index (χ0n) is 20.3. The molecular weight excluding hydrogens is 527 g/mol. The van der Waals surface area contributed by atoms with Gasteiger partial charge in [0.25, 0.3) is 0 Å². The van der Waals surface area contributed by atoms with Crippen LogP contribution < -0.4 is 22.9 Å². The van der Waals surface area contributed by atoms with Crippen LogP contribution in [0.3, 0.4) is 0 Å². The zero-order chi connectivity index (χ0) is 24.1. The second-order valence-corrected chi connectivity index (χ2v) is 15.8. The fourth-order valence-corrected chi connectivity index (χ4v) is 14.2. The molecule has 174 valence electrons. The molecule has 0 atom stereocenters. The Morgan fingerprint density at radius 1 is 0.543 bits per heavy atom. The van der Waals surface area contributed by atoms with Crippen LogP contribution in [0.5, 0.6) is 0 Å². The summed E-state index contributed by atoms with van der Waals surface area (Å²) in [5.41, 5.74) is 5.10. The minimum absolute atomic E-state index is 1.24. The number of fused-ring (bicyclic) bond motifs is 3. The number of hydrogen-bond donors (Lipinski definition) is 0. The second-order valence-electron chi connectivity index (χ2n) is 9.20. The number of rotatable bonds is 5. The molecule has 3 heterocycles. The Morgan fingerprint density at radius 2 is 0.971 bits per heavy atom. The van der Waals surface area contributed by atoms with Gasteiger partial charge in [-0.15, -0.1) is 0 Å². The molecule has 2 aromatic heterocycles. The summed E-state index contributed by atoms with van der Waals surface area (Å²) in [6, 6.07) is 34.1. The van der Waals surface area contributed by atoms with Gasteiger partial charge in [0.15, 0.2) is 0 Å². The third-order valence-corrected chi connectivity index (χ3v) is 14.9. The molecule has 3 aromatic carbocycles. The van der Waals surface area contributed by atoms with Gasteiger partial charge >= 0.3 is 221 Å². The summed E-state index contributed by atoms with van der Waals surface area (Å²) >= 11 is 2.37. The van der Waals surface area contributed by atoms with Crippen molar-refractivity contribution in [2.75, 3.05) is 38.0 Å². The Balaban J connectivity index is 1.45. The molecule has 0 saturated carbocycles. The zero-order valence-corrected chi connectivity index (χ0v) is 23.8. The summed E-state index contributed by atoms with van der Waals surface area (Å²) in [5, 5.41) is 0. The Bertz CT molecular complexity index is 1380. The summed E-state index contributed by atoms with van der Waals surface area (Å²) in [7, 11) is 8.37. The van der Waals surface area contributed by atoms with Crippen LogP contribution in [0.1, 0.15) is 0 Å². The quantitative estimate of drug-likeness (QED) is 0.250. The molecule has 0 fully saturated rings. The number of anilines is 2. The molecule has 0 spiro atoms. The molecule has 0 bridgehead atoms. The predicted molar refractivity (Wildman–Crippen MR) is 158 cm³/mol. The molecule has 0 unspecified atom stereocenters. The Labute approximate surface area is 220 Å².